The van der Waals surface area contributed by atoms with Gasteiger partial charge in [-0.05, 0) is 106 Å². The second-order valence-corrected chi connectivity index (χ2v) is 10.9. The SMILES string of the molecule is Cc1nn(-c2ccccc2)c(C)c1/C=N\N=C1\CC[C@@H]2[C@@H]3CCc4cc(O)ccc4[C@@H]3CC[C@]12C. The van der Waals surface area contributed by atoms with Gasteiger partial charge in [-0.3, -0.25) is 0 Å². The van der Waals surface area contributed by atoms with E-state index >= 15 is 0 Å². The van der Waals surface area contributed by atoms with Crippen LogP contribution in [0.4, 0.5) is 0 Å². The van der Waals surface area contributed by atoms with Gasteiger partial charge in [-0.15, -0.1) is 0 Å². The van der Waals surface area contributed by atoms with E-state index in [0.717, 1.165) is 41.9 Å². The first-order valence-corrected chi connectivity index (χ1v) is 13.0. The van der Waals surface area contributed by atoms with Crippen molar-refractivity contribution in [1.82, 2.24) is 9.78 Å². The van der Waals surface area contributed by atoms with Gasteiger partial charge in [-0.1, -0.05) is 31.2 Å². The van der Waals surface area contributed by atoms with Crippen LogP contribution in [0.3, 0.4) is 0 Å². The molecule has 2 aromatic carbocycles. The summed E-state index contributed by atoms with van der Waals surface area (Å²) in [5, 5.41) is 24.1. The number of hydrogen-bond donors (Lipinski definition) is 1. The minimum absolute atomic E-state index is 0.144. The molecule has 3 aliphatic carbocycles. The Morgan fingerprint density at radius 1 is 1.06 bits per heavy atom. The van der Waals surface area contributed by atoms with Crippen molar-refractivity contribution in [2.45, 2.75) is 65.2 Å². The minimum Gasteiger partial charge on any atom is -0.508 e. The lowest BCUT2D eigenvalue weighted by Crippen LogP contribution is -2.42. The van der Waals surface area contributed by atoms with Crippen LogP contribution in [-0.4, -0.2) is 26.8 Å². The van der Waals surface area contributed by atoms with Gasteiger partial charge in [0, 0.05) is 16.7 Å². The Kier molecular flexibility index (Phi) is 5.39. The highest BCUT2D eigenvalue weighted by Crippen LogP contribution is 2.60. The molecule has 5 heteroatoms. The Labute approximate surface area is 207 Å². The van der Waals surface area contributed by atoms with E-state index < -0.39 is 0 Å². The summed E-state index contributed by atoms with van der Waals surface area (Å²) in [6.07, 6.45) is 8.81. The average molecular weight is 467 g/mol. The van der Waals surface area contributed by atoms with Crippen LogP contribution in [0.1, 0.15) is 73.0 Å². The number of aromatic hydroxyl groups is 1. The van der Waals surface area contributed by atoms with Crippen molar-refractivity contribution < 1.29 is 5.11 Å². The fourth-order valence-corrected chi connectivity index (χ4v) is 7.34. The van der Waals surface area contributed by atoms with Crippen LogP contribution < -0.4 is 0 Å². The molecule has 3 aromatic rings. The number of para-hydroxylation sites is 1. The van der Waals surface area contributed by atoms with Crippen LogP contribution in [0.15, 0.2) is 58.7 Å². The van der Waals surface area contributed by atoms with E-state index in [-0.39, 0.29) is 5.41 Å². The molecule has 2 fully saturated rings. The number of aromatic nitrogens is 2. The van der Waals surface area contributed by atoms with Crippen molar-refractivity contribution in [2.75, 3.05) is 0 Å². The Hall–Kier alpha value is -3.21. The lowest BCUT2D eigenvalue weighted by molar-refractivity contribution is 0.0955. The van der Waals surface area contributed by atoms with Crippen LogP contribution in [0, 0.1) is 31.1 Å². The monoisotopic (exact) mass is 466 g/mol. The summed E-state index contributed by atoms with van der Waals surface area (Å²) in [6, 6.07) is 16.3. The van der Waals surface area contributed by atoms with Gasteiger partial charge in [0.15, 0.2) is 0 Å². The summed E-state index contributed by atoms with van der Waals surface area (Å²) < 4.78 is 1.98. The Morgan fingerprint density at radius 2 is 1.89 bits per heavy atom. The zero-order valence-electron chi connectivity index (χ0n) is 20.9. The van der Waals surface area contributed by atoms with Crippen LogP contribution in [-0.2, 0) is 6.42 Å². The second-order valence-electron chi connectivity index (χ2n) is 10.9. The molecule has 180 valence electrons. The molecule has 0 unspecified atom stereocenters. The fraction of sp³-hybridized carbons (Fsp3) is 0.433. The maximum atomic E-state index is 9.93. The molecule has 4 atom stereocenters. The molecule has 1 N–H and O–H groups in total. The number of hydrogen-bond acceptors (Lipinski definition) is 4. The van der Waals surface area contributed by atoms with E-state index in [2.05, 4.69) is 37.1 Å². The van der Waals surface area contributed by atoms with Gasteiger partial charge >= 0.3 is 0 Å². The van der Waals surface area contributed by atoms with Crippen molar-refractivity contribution >= 4 is 11.9 Å². The molecule has 5 nitrogen and oxygen atoms in total. The van der Waals surface area contributed by atoms with E-state index in [1.807, 2.05) is 48.2 Å². The summed E-state index contributed by atoms with van der Waals surface area (Å²) in [6.45, 7) is 6.57. The van der Waals surface area contributed by atoms with E-state index in [0.29, 0.717) is 23.5 Å². The third-order valence-corrected chi connectivity index (χ3v) is 9.16. The molecular weight excluding hydrogens is 432 g/mol. The molecule has 0 radical (unpaired) electrons. The largest absolute Gasteiger partial charge is 0.508 e. The molecule has 0 saturated heterocycles. The molecule has 6 rings (SSSR count). The van der Waals surface area contributed by atoms with Gasteiger partial charge in [0.2, 0.25) is 0 Å². The van der Waals surface area contributed by atoms with Gasteiger partial charge < -0.3 is 5.11 Å². The van der Waals surface area contributed by atoms with Gasteiger partial charge in [-0.25, -0.2) is 4.68 Å². The van der Waals surface area contributed by atoms with E-state index in [9.17, 15) is 5.11 Å². The highest BCUT2D eigenvalue weighted by molar-refractivity contribution is 5.93. The third kappa shape index (κ3) is 3.64. The summed E-state index contributed by atoms with van der Waals surface area (Å²) in [5.41, 5.74) is 8.42. The zero-order chi connectivity index (χ0) is 24.2. The first-order valence-electron chi connectivity index (χ1n) is 13.0. The predicted octanol–water partition coefficient (Wildman–Crippen LogP) is 6.53. The Morgan fingerprint density at radius 3 is 2.71 bits per heavy atom. The van der Waals surface area contributed by atoms with Gasteiger partial charge in [0.25, 0.3) is 0 Å². The van der Waals surface area contributed by atoms with Gasteiger partial charge in [0.1, 0.15) is 5.75 Å². The lowest BCUT2D eigenvalue weighted by atomic mass is 9.55. The van der Waals surface area contributed by atoms with Crippen LogP contribution in [0.2, 0.25) is 0 Å². The van der Waals surface area contributed by atoms with Crippen molar-refractivity contribution in [3.8, 4) is 11.4 Å². The molecule has 1 heterocycles. The molecule has 2 saturated carbocycles. The first-order chi connectivity index (χ1) is 17.0. The normalized spacial score (nSPS) is 28.8. The van der Waals surface area contributed by atoms with E-state index in [1.54, 1.807) is 0 Å². The highest BCUT2D eigenvalue weighted by atomic mass is 16.3. The Bertz CT molecular complexity index is 1320. The summed E-state index contributed by atoms with van der Waals surface area (Å²) in [5.74, 6) is 2.39. The maximum absolute atomic E-state index is 9.93. The smallest absolute Gasteiger partial charge is 0.115 e. The summed E-state index contributed by atoms with van der Waals surface area (Å²) in [7, 11) is 0. The minimum atomic E-state index is 0.144. The van der Waals surface area contributed by atoms with Crippen molar-refractivity contribution in [2.24, 2.45) is 27.5 Å². The van der Waals surface area contributed by atoms with E-state index in [4.69, 9.17) is 10.2 Å². The zero-order valence-corrected chi connectivity index (χ0v) is 20.9. The number of phenolic OH excluding ortho intramolecular Hbond substituents is 1. The van der Waals surface area contributed by atoms with Crippen molar-refractivity contribution in [3.05, 3.63) is 76.6 Å². The van der Waals surface area contributed by atoms with Crippen LogP contribution in [0.5, 0.6) is 5.75 Å². The molecule has 35 heavy (non-hydrogen) atoms. The van der Waals surface area contributed by atoms with E-state index in [1.165, 1.54) is 36.1 Å². The summed E-state index contributed by atoms with van der Waals surface area (Å²) >= 11 is 0. The van der Waals surface area contributed by atoms with Gasteiger partial charge in [-0.2, -0.15) is 15.3 Å². The van der Waals surface area contributed by atoms with Crippen molar-refractivity contribution in [3.63, 3.8) is 0 Å². The van der Waals surface area contributed by atoms with Crippen molar-refractivity contribution in [1.29, 1.82) is 0 Å². The van der Waals surface area contributed by atoms with Crippen LogP contribution in [0.25, 0.3) is 5.69 Å². The standard InChI is InChI=1S/C30H34N4O/c1-19-27(20(2)34(33-19)22-7-5-4-6-8-22)18-31-32-29-14-13-28-26-11-9-21-17-23(35)10-12-24(21)25(26)15-16-30(28,29)3/h4-8,10,12,17-18,25-26,28,35H,9,11,13-16H2,1-3H3/b31-18-,32-29-/t25-,26+,28+,30-/m0/s1. The second kappa shape index (κ2) is 8.47. The number of rotatable bonds is 3. The predicted molar refractivity (Wildman–Crippen MR) is 141 cm³/mol. The Balaban J connectivity index is 1.24. The molecule has 3 aliphatic rings. The molecule has 1 aromatic heterocycles. The lowest BCUT2D eigenvalue weighted by Gasteiger charge is -2.49. The number of benzene rings is 2. The maximum Gasteiger partial charge on any atom is 0.115 e. The van der Waals surface area contributed by atoms with Crippen LogP contribution >= 0.6 is 0 Å². The highest BCUT2D eigenvalue weighted by Gasteiger charge is 2.53. The number of aryl methyl sites for hydroxylation is 2. The molecular formula is C30H34N4O. The molecule has 0 amide bonds. The molecule has 0 bridgehead atoms. The topological polar surface area (TPSA) is 62.8 Å². The number of nitrogens with zero attached hydrogens (tertiary/aromatic N) is 4. The fourth-order valence-electron chi connectivity index (χ4n) is 7.34. The third-order valence-electron chi connectivity index (χ3n) is 9.16. The molecule has 0 aliphatic heterocycles. The molecule has 0 spiro atoms. The number of phenols is 1. The first kappa shape index (κ1) is 22.3. The number of fused-ring (bicyclic) bond motifs is 5. The summed E-state index contributed by atoms with van der Waals surface area (Å²) in [4.78, 5) is 0. The van der Waals surface area contributed by atoms with Gasteiger partial charge in [0.05, 0.1) is 23.3 Å². The quantitative estimate of drug-likeness (QED) is 0.352. The average Bonchev–Trinajstić information content (AvgIpc) is 3.35.